The number of rotatable bonds is 2. The molecule has 1 atom stereocenters. The normalized spacial score (nSPS) is 16.1. The van der Waals surface area contributed by atoms with Crippen molar-refractivity contribution in [2.45, 2.75) is 33.4 Å². The number of fused-ring (bicyclic) bond motifs is 1. The highest BCUT2D eigenvalue weighted by molar-refractivity contribution is 5.90. The van der Waals surface area contributed by atoms with Crippen molar-refractivity contribution in [3.63, 3.8) is 0 Å². The van der Waals surface area contributed by atoms with Gasteiger partial charge in [0.2, 0.25) is 0 Å². The minimum absolute atomic E-state index is 0.0565. The van der Waals surface area contributed by atoms with Crippen molar-refractivity contribution >= 4 is 11.7 Å². The first kappa shape index (κ1) is 17.4. The van der Waals surface area contributed by atoms with E-state index in [0.717, 1.165) is 17.9 Å². The molecule has 2 aromatic carbocycles. The molecule has 3 aromatic rings. The zero-order valence-electron chi connectivity index (χ0n) is 16.1. The molecule has 4 rings (SSSR count). The zero-order chi connectivity index (χ0) is 19.0. The van der Waals surface area contributed by atoms with E-state index in [2.05, 4.69) is 61.1 Å². The summed E-state index contributed by atoms with van der Waals surface area (Å²) in [7, 11) is 0. The summed E-state index contributed by atoms with van der Waals surface area (Å²) in [6, 6.07) is 18.4. The lowest BCUT2D eigenvalue weighted by Crippen LogP contribution is -2.44. The molecule has 1 aliphatic rings. The Morgan fingerprint density at radius 2 is 1.74 bits per heavy atom. The van der Waals surface area contributed by atoms with E-state index in [4.69, 9.17) is 0 Å². The fraction of sp³-hybridized carbons (Fsp3) is 0.261. The van der Waals surface area contributed by atoms with Crippen LogP contribution < -0.4 is 5.32 Å². The lowest BCUT2D eigenvalue weighted by Gasteiger charge is -2.38. The SMILES string of the molecule is Cc1ccc(NC(=O)N2CCn3cccc3C2c2ccccc2C)cc1C. The summed E-state index contributed by atoms with van der Waals surface area (Å²) < 4.78 is 2.25. The Morgan fingerprint density at radius 3 is 2.52 bits per heavy atom. The molecule has 27 heavy (non-hydrogen) atoms. The van der Waals surface area contributed by atoms with E-state index >= 15 is 0 Å². The number of aryl methyl sites for hydroxylation is 3. The molecule has 1 aromatic heterocycles. The first-order chi connectivity index (χ1) is 13.0. The van der Waals surface area contributed by atoms with Crippen LogP contribution >= 0.6 is 0 Å². The number of carbonyl (C=O) groups excluding carboxylic acids is 1. The molecular formula is C23H25N3O. The molecule has 0 fully saturated rings. The van der Waals surface area contributed by atoms with Crippen molar-refractivity contribution < 1.29 is 4.79 Å². The van der Waals surface area contributed by atoms with Gasteiger partial charge in [-0.1, -0.05) is 30.3 Å². The van der Waals surface area contributed by atoms with Crippen LogP contribution in [0.1, 0.15) is 34.0 Å². The Labute approximate surface area is 160 Å². The van der Waals surface area contributed by atoms with Crippen LogP contribution in [0, 0.1) is 20.8 Å². The molecule has 0 bridgehead atoms. The van der Waals surface area contributed by atoms with Crippen LogP contribution in [0.15, 0.2) is 60.8 Å². The largest absolute Gasteiger partial charge is 0.348 e. The summed E-state index contributed by atoms with van der Waals surface area (Å²) in [5.41, 5.74) is 6.77. The number of nitrogens with one attached hydrogen (secondary N) is 1. The van der Waals surface area contributed by atoms with Gasteiger partial charge < -0.3 is 14.8 Å². The molecule has 2 amide bonds. The van der Waals surface area contributed by atoms with Gasteiger partial charge in [0.05, 0.1) is 6.04 Å². The van der Waals surface area contributed by atoms with Crippen molar-refractivity contribution in [2.75, 3.05) is 11.9 Å². The maximum atomic E-state index is 13.2. The van der Waals surface area contributed by atoms with Gasteiger partial charge in [-0.3, -0.25) is 0 Å². The number of urea groups is 1. The predicted molar refractivity (Wildman–Crippen MR) is 109 cm³/mol. The molecule has 0 aliphatic carbocycles. The highest BCUT2D eigenvalue weighted by Gasteiger charge is 2.32. The molecule has 0 spiro atoms. The van der Waals surface area contributed by atoms with E-state index in [-0.39, 0.29) is 12.1 Å². The van der Waals surface area contributed by atoms with E-state index in [1.807, 2.05) is 35.2 Å². The summed E-state index contributed by atoms with van der Waals surface area (Å²) in [5, 5.41) is 3.10. The van der Waals surface area contributed by atoms with Gasteiger partial charge in [-0.2, -0.15) is 0 Å². The van der Waals surface area contributed by atoms with Crippen molar-refractivity contribution in [3.8, 4) is 0 Å². The van der Waals surface area contributed by atoms with Gasteiger partial charge in [-0.25, -0.2) is 4.79 Å². The number of aromatic nitrogens is 1. The molecule has 0 saturated heterocycles. The highest BCUT2D eigenvalue weighted by atomic mass is 16.2. The van der Waals surface area contributed by atoms with Gasteiger partial charge in [0.1, 0.15) is 0 Å². The number of hydrogen-bond acceptors (Lipinski definition) is 1. The Bertz CT molecular complexity index is 989. The van der Waals surface area contributed by atoms with Crippen LogP contribution in [0.5, 0.6) is 0 Å². The Balaban J connectivity index is 1.69. The summed E-state index contributed by atoms with van der Waals surface area (Å²) in [6.07, 6.45) is 2.10. The first-order valence-corrected chi connectivity index (χ1v) is 9.40. The van der Waals surface area contributed by atoms with E-state index in [0.29, 0.717) is 6.54 Å². The van der Waals surface area contributed by atoms with Gasteiger partial charge in [-0.15, -0.1) is 0 Å². The summed E-state index contributed by atoms with van der Waals surface area (Å²) in [5.74, 6) is 0. The van der Waals surface area contributed by atoms with Gasteiger partial charge >= 0.3 is 6.03 Å². The second-order valence-corrected chi connectivity index (χ2v) is 7.31. The minimum Gasteiger partial charge on any atom is -0.348 e. The maximum Gasteiger partial charge on any atom is 0.322 e. The number of anilines is 1. The average molecular weight is 359 g/mol. The van der Waals surface area contributed by atoms with Crippen molar-refractivity contribution in [1.29, 1.82) is 0 Å². The highest BCUT2D eigenvalue weighted by Crippen LogP contribution is 2.34. The monoisotopic (exact) mass is 359 g/mol. The lowest BCUT2D eigenvalue weighted by molar-refractivity contribution is 0.181. The van der Waals surface area contributed by atoms with Crippen molar-refractivity contribution in [1.82, 2.24) is 9.47 Å². The molecule has 1 unspecified atom stereocenters. The van der Waals surface area contributed by atoms with Gasteiger partial charge in [-0.05, 0) is 67.3 Å². The van der Waals surface area contributed by atoms with E-state index in [1.165, 1.54) is 22.3 Å². The number of nitrogens with zero attached hydrogens (tertiary/aromatic N) is 2. The minimum atomic E-state index is -0.0819. The molecule has 0 saturated carbocycles. The van der Waals surface area contributed by atoms with Crippen LogP contribution in [-0.2, 0) is 6.54 Å². The van der Waals surface area contributed by atoms with Crippen LogP contribution in [0.2, 0.25) is 0 Å². The lowest BCUT2D eigenvalue weighted by atomic mass is 9.96. The molecule has 1 N–H and O–H groups in total. The molecule has 138 valence electrons. The molecule has 4 heteroatoms. The van der Waals surface area contributed by atoms with Crippen LogP contribution in [0.3, 0.4) is 0 Å². The van der Waals surface area contributed by atoms with E-state index < -0.39 is 0 Å². The average Bonchev–Trinajstić information content (AvgIpc) is 3.13. The molecule has 0 radical (unpaired) electrons. The zero-order valence-corrected chi connectivity index (χ0v) is 16.1. The summed E-state index contributed by atoms with van der Waals surface area (Å²) in [4.78, 5) is 15.1. The van der Waals surface area contributed by atoms with Crippen molar-refractivity contribution in [3.05, 3.63) is 88.7 Å². The molecule has 4 nitrogen and oxygen atoms in total. The van der Waals surface area contributed by atoms with E-state index in [9.17, 15) is 4.79 Å². The molecular weight excluding hydrogens is 334 g/mol. The Morgan fingerprint density at radius 1 is 0.926 bits per heavy atom. The smallest absolute Gasteiger partial charge is 0.322 e. The van der Waals surface area contributed by atoms with Crippen LogP contribution in [-0.4, -0.2) is 22.0 Å². The fourth-order valence-electron chi connectivity index (χ4n) is 3.84. The second-order valence-electron chi connectivity index (χ2n) is 7.31. The van der Waals surface area contributed by atoms with Gasteiger partial charge in [0, 0.05) is 30.7 Å². The Kier molecular flexibility index (Phi) is 4.48. The number of amides is 2. The first-order valence-electron chi connectivity index (χ1n) is 9.40. The Hall–Kier alpha value is -3.01. The third kappa shape index (κ3) is 3.23. The summed E-state index contributed by atoms with van der Waals surface area (Å²) in [6.45, 7) is 7.74. The molecule has 1 aliphatic heterocycles. The number of hydrogen-bond donors (Lipinski definition) is 1. The van der Waals surface area contributed by atoms with Gasteiger partial charge in [0.25, 0.3) is 0 Å². The van der Waals surface area contributed by atoms with Crippen LogP contribution in [0.4, 0.5) is 10.5 Å². The topological polar surface area (TPSA) is 37.3 Å². The fourth-order valence-corrected chi connectivity index (χ4v) is 3.84. The number of carbonyl (C=O) groups is 1. The van der Waals surface area contributed by atoms with Crippen LogP contribution in [0.25, 0.3) is 0 Å². The third-order valence-corrected chi connectivity index (χ3v) is 5.54. The quantitative estimate of drug-likeness (QED) is 0.683. The predicted octanol–water partition coefficient (Wildman–Crippen LogP) is 5.05. The second kappa shape index (κ2) is 6.95. The summed E-state index contributed by atoms with van der Waals surface area (Å²) >= 11 is 0. The molecule has 2 heterocycles. The number of benzene rings is 2. The third-order valence-electron chi connectivity index (χ3n) is 5.54. The van der Waals surface area contributed by atoms with Gasteiger partial charge in [0.15, 0.2) is 0 Å². The maximum absolute atomic E-state index is 13.2. The van der Waals surface area contributed by atoms with E-state index in [1.54, 1.807) is 0 Å². The van der Waals surface area contributed by atoms with Crippen molar-refractivity contribution in [2.24, 2.45) is 0 Å². The standard InChI is InChI=1S/C23H25N3O/c1-16-10-11-19(15-18(16)3)24-23(27)26-14-13-25-12-6-9-21(25)22(26)20-8-5-4-7-17(20)2/h4-12,15,22H,13-14H2,1-3H3,(H,24,27).